The van der Waals surface area contributed by atoms with E-state index in [1.165, 1.54) is 18.4 Å². The lowest BCUT2D eigenvalue weighted by Crippen LogP contribution is -2.40. The highest BCUT2D eigenvalue weighted by atomic mass is 32.3. The van der Waals surface area contributed by atoms with Gasteiger partial charge < -0.3 is 14.8 Å². The number of hydrogen-bond donors (Lipinski definition) is 4. The molecular weight excluding hydrogens is 561 g/mol. The van der Waals surface area contributed by atoms with Crippen molar-refractivity contribution in [2.45, 2.75) is 58.5 Å². The van der Waals surface area contributed by atoms with Crippen molar-refractivity contribution in [2.24, 2.45) is 0 Å². The van der Waals surface area contributed by atoms with E-state index in [2.05, 4.69) is 15.4 Å². The van der Waals surface area contributed by atoms with Crippen molar-refractivity contribution in [3.63, 3.8) is 0 Å². The van der Waals surface area contributed by atoms with Crippen LogP contribution in [-0.4, -0.2) is 39.8 Å². The highest BCUT2D eigenvalue weighted by Crippen LogP contribution is 2.30. The highest BCUT2D eigenvalue weighted by molar-refractivity contribution is 8.00. The summed E-state index contributed by atoms with van der Waals surface area (Å²) in [6, 6.07) is 17.4. The number of benzene rings is 3. The van der Waals surface area contributed by atoms with Crippen LogP contribution in [0.4, 0.5) is 25.4 Å². The number of rotatable bonds is 7. The molecule has 0 atom stereocenters. The average molecular weight is 600 g/mol. The summed E-state index contributed by atoms with van der Waals surface area (Å²) >= 11 is 0. The molecule has 0 aromatic heterocycles. The van der Waals surface area contributed by atoms with Crippen molar-refractivity contribution in [3.8, 4) is 11.1 Å². The molecule has 0 radical (unpaired) electrons. The first kappa shape index (κ1) is 32.3. The maximum Gasteiger partial charge on any atom is 0.418 e. The smallest absolute Gasteiger partial charge is 0.418 e. The summed E-state index contributed by atoms with van der Waals surface area (Å²) in [5.41, 5.74) is 1.51. The molecule has 0 saturated carbocycles. The van der Waals surface area contributed by atoms with Gasteiger partial charge in [-0.05, 0) is 105 Å². The zero-order valence-corrected chi connectivity index (χ0v) is 25.7. The lowest BCUT2D eigenvalue weighted by Gasteiger charge is -2.24. The number of hydrogen-bond acceptors (Lipinski definition) is 6. The molecule has 3 amide bonds. The van der Waals surface area contributed by atoms with E-state index < -0.39 is 39.4 Å². The average Bonchev–Trinajstić information content (AvgIpc) is 2.83. The van der Waals surface area contributed by atoms with Crippen molar-refractivity contribution in [1.82, 2.24) is 4.72 Å². The normalized spacial score (nSPS) is 12.2. The molecule has 0 aliphatic heterocycles. The van der Waals surface area contributed by atoms with Crippen LogP contribution in [0.3, 0.4) is 0 Å². The highest BCUT2D eigenvalue weighted by Gasteiger charge is 2.21. The molecule has 0 bridgehead atoms. The molecule has 42 heavy (non-hydrogen) atoms. The first-order chi connectivity index (χ1) is 19.4. The lowest BCUT2D eigenvalue weighted by molar-refractivity contribution is 0.0569. The van der Waals surface area contributed by atoms with Crippen molar-refractivity contribution in [3.05, 3.63) is 83.7 Å². The summed E-state index contributed by atoms with van der Waals surface area (Å²) in [4.78, 5) is 37.7. The predicted molar refractivity (Wildman–Crippen MR) is 165 cm³/mol. The quantitative estimate of drug-likeness (QED) is 0.225. The first-order valence-corrected chi connectivity index (χ1v) is 15.6. The van der Waals surface area contributed by atoms with Crippen LogP contribution < -0.4 is 15.4 Å². The van der Waals surface area contributed by atoms with E-state index in [1.807, 2.05) is 0 Å². The number of thiol groups is 1. The molecule has 3 aromatic carbocycles. The number of nitrogens with one attached hydrogen (secondary N) is 3. The van der Waals surface area contributed by atoms with Crippen molar-refractivity contribution >= 4 is 39.6 Å². The van der Waals surface area contributed by atoms with Gasteiger partial charge >= 0.3 is 12.2 Å². The van der Waals surface area contributed by atoms with Crippen LogP contribution >= 0.6 is 0 Å². The molecule has 0 unspecified atom stereocenters. The minimum atomic E-state index is -3.12. The number of amides is 3. The third-order valence-corrected chi connectivity index (χ3v) is 7.13. The molecule has 3 rings (SSSR count). The molecule has 0 aliphatic carbocycles. The van der Waals surface area contributed by atoms with Crippen LogP contribution in [0.5, 0.6) is 0 Å². The molecule has 0 saturated heterocycles. The van der Waals surface area contributed by atoms with Gasteiger partial charge in [-0.25, -0.2) is 14.0 Å². The molecular formula is C31H38FN3O6S. The van der Waals surface area contributed by atoms with Gasteiger partial charge in [-0.2, -0.15) is 0 Å². The Hall–Kier alpha value is -4.25. The monoisotopic (exact) mass is 599 g/mol. The third kappa shape index (κ3) is 10.3. The fourth-order valence-electron chi connectivity index (χ4n) is 3.83. The topological polar surface area (TPSA) is 123 Å². The van der Waals surface area contributed by atoms with Gasteiger partial charge in [0.2, 0.25) is 0 Å². The van der Waals surface area contributed by atoms with Crippen LogP contribution in [0.1, 0.15) is 57.5 Å². The summed E-state index contributed by atoms with van der Waals surface area (Å²) in [5, 5.41) is 5.48. The molecule has 3 aromatic rings. The minimum Gasteiger partial charge on any atom is -0.444 e. The SMILES string of the molecule is CC(C)(C)OC(=O)Nc1ccc(-c2ccc(F)cc2)cc1NC(=O)c1ccc(C[SH](C)(=O)NC(=O)OC(C)(C)C)cc1. The molecule has 3 N–H and O–H groups in total. The summed E-state index contributed by atoms with van der Waals surface area (Å²) in [5.74, 6) is -0.770. The summed E-state index contributed by atoms with van der Waals surface area (Å²) in [6.45, 7) is 10.4. The summed E-state index contributed by atoms with van der Waals surface area (Å²) in [7, 11) is -3.12. The first-order valence-electron chi connectivity index (χ1n) is 13.3. The second-order valence-corrected chi connectivity index (χ2v) is 14.7. The van der Waals surface area contributed by atoms with Crippen molar-refractivity contribution < 1.29 is 32.5 Å². The van der Waals surface area contributed by atoms with Gasteiger partial charge in [0.05, 0.1) is 11.4 Å². The van der Waals surface area contributed by atoms with E-state index in [0.29, 0.717) is 33.6 Å². The Bertz CT molecular complexity index is 1490. The number of halogens is 1. The van der Waals surface area contributed by atoms with Gasteiger partial charge in [-0.3, -0.25) is 19.0 Å². The zero-order chi connectivity index (χ0) is 31.3. The fourth-order valence-corrected chi connectivity index (χ4v) is 5.25. The maximum atomic E-state index is 13.5. The molecule has 0 aliphatic rings. The van der Waals surface area contributed by atoms with E-state index in [1.54, 1.807) is 96.1 Å². The second-order valence-electron chi connectivity index (χ2n) is 11.9. The Morgan fingerprint density at radius 1 is 0.738 bits per heavy atom. The van der Waals surface area contributed by atoms with Gasteiger partial charge in [0, 0.05) is 17.6 Å². The molecule has 0 fully saturated rings. The molecule has 0 heterocycles. The van der Waals surface area contributed by atoms with Crippen molar-refractivity contribution in [1.29, 1.82) is 0 Å². The summed E-state index contributed by atoms with van der Waals surface area (Å²) < 4.78 is 39.4. The van der Waals surface area contributed by atoms with E-state index in [4.69, 9.17) is 9.47 Å². The van der Waals surface area contributed by atoms with E-state index in [-0.39, 0.29) is 11.6 Å². The third-order valence-electron chi connectivity index (χ3n) is 5.51. The van der Waals surface area contributed by atoms with Crippen LogP contribution in [0.25, 0.3) is 11.1 Å². The van der Waals surface area contributed by atoms with Gasteiger partial charge in [0.25, 0.3) is 5.91 Å². The molecule has 11 heteroatoms. The Morgan fingerprint density at radius 3 is 1.86 bits per heavy atom. The van der Waals surface area contributed by atoms with Crippen LogP contribution in [0.15, 0.2) is 66.7 Å². The van der Waals surface area contributed by atoms with Crippen LogP contribution in [-0.2, 0) is 25.3 Å². The number of carbonyl (C=O) groups is 3. The molecule has 226 valence electrons. The Kier molecular flexibility index (Phi) is 9.78. The standard InChI is InChI=1S/C31H38FN3O6S/c1-30(2,3)40-28(37)34-25-17-14-23(21-12-15-24(32)16-13-21)18-26(25)33-27(36)22-10-8-20(9-11-22)19-42(7,39)35-29(38)41-31(4,5)6/h8-18,42H,19H2,1-7H3,(H,33,36)(H,34,37)(H,35,38,39). The molecule has 0 spiro atoms. The van der Waals surface area contributed by atoms with Gasteiger partial charge in [0.15, 0.2) is 0 Å². The number of ether oxygens (including phenoxy) is 2. The van der Waals surface area contributed by atoms with Gasteiger partial charge in [-0.1, -0.05) is 30.3 Å². The van der Waals surface area contributed by atoms with E-state index in [9.17, 15) is 23.0 Å². The van der Waals surface area contributed by atoms with Crippen LogP contribution in [0.2, 0.25) is 0 Å². The Morgan fingerprint density at radius 2 is 1.29 bits per heavy atom. The maximum absolute atomic E-state index is 13.5. The fraction of sp³-hybridized carbons (Fsp3) is 0.323. The number of carbonyl (C=O) groups excluding carboxylic acids is 3. The van der Waals surface area contributed by atoms with E-state index in [0.717, 1.165) is 0 Å². The lowest BCUT2D eigenvalue weighted by atomic mass is 10.0. The minimum absolute atomic E-state index is 0.0673. The Labute approximate surface area is 246 Å². The zero-order valence-electron chi connectivity index (χ0n) is 24.8. The summed E-state index contributed by atoms with van der Waals surface area (Å²) in [6.07, 6.45) is -0.00550. The number of anilines is 2. The van der Waals surface area contributed by atoms with Crippen LogP contribution in [0, 0.1) is 5.82 Å². The second kappa shape index (κ2) is 12.7. The predicted octanol–water partition coefficient (Wildman–Crippen LogP) is 6.68. The van der Waals surface area contributed by atoms with Crippen molar-refractivity contribution in [2.75, 3.05) is 16.9 Å². The van der Waals surface area contributed by atoms with Gasteiger partial charge in [-0.15, -0.1) is 0 Å². The largest absolute Gasteiger partial charge is 0.444 e. The molecule has 9 nitrogen and oxygen atoms in total. The van der Waals surface area contributed by atoms with Gasteiger partial charge in [0.1, 0.15) is 17.0 Å². The van der Waals surface area contributed by atoms with E-state index >= 15 is 0 Å². The Balaban J connectivity index is 1.79.